The molecule has 1 heteroatoms. The lowest BCUT2D eigenvalue weighted by molar-refractivity contribution is 0.768. The molecule has 0 aliphatic heterocycles. The summed E-state index contributed by atoms with van der Waals surface area (Å²) < 4.78 is 0. The van der Waals surface area contributed by atoms with Gasteiger partial charge in [-0.3, -0.25) is 0 Å². The number of nitrogens with zero attached hydrogens (tertiary/aromatic N) is 1. The molecule has 0 aromatic heterocycles. The summed E-state index contributed by atoms with van der Waals surface area (Å²) in [6, 6.07) is 105. The van der Waals surface area contributed by atoms with Crippen LogP contribution in [0.2, 0.25) is 0 Å². The Morgan fingerprint density at radius 2 is 0.586 bits per heavy atom. The van der Waals surface area contributed by atoms with Crippen molar-refractivity contribution in [2.45, 2.75) is 5.41 Å². The minimum Gasteiger partial charge on any atom is -0.311 e. The Labute approximate surface area is 409 Å². The normalized spacial score (nSPS) is 12.4. The molecule has 12 aromatic rings. The first kappa shape index (κ1) is 41.2. The number of benzene rings is 12. The highest BCUT2D eigenvalue weighted by Crippen LogP contribution is 2.58. The first-order valence-corrected chi connectivity index (χ1v) is 24.2. The van der Waals surface area contributed by atoms with Crippen LogP contribution in [0.15, 0.2) is 285 Å². The number of fused-ring (bicyclic) bond motifs is 5. The van der Waals surface area contributed by atoms with Gasteiger partial charge >= 0.3 is 0 Å². The van der Waals surface area contributed by atoms with Crippen LogP contribution in [0.4, 0.5) is 17.1 Å². The van der Waals surface area contributed by atoms with Crippen molar-refractivity contribution in [1.29, 1.82) is 0 Å². The van der Waals surface area contributed by atoms with Crippen molar-refractivity contribution in [3.8, 4) is 55.6 Å². The van der Waals surface area contributed by atoms with E-state index in [1.807, 2.05) is 0 Å². The van der Waals surface area contributed by atoms with Crippen LogP contribution in [0.5, 0.6) is 0 Å². The minimum atomic E-state index is -0.453. The van der Waals surface area contributed by atoms with Gasteiger partial charge in [-0.15, -0.1) is 0 Å². The lowest BCUT2D eigenvalue weighted by atomic mass is 9.67. The molecule has 1 aliphatic carbocycles. The van der Waals surface area contributed by atoms with Crippen molar-refractivity contribution in [2.75, 3.05) is 4.90 Å². The first-order chi connectivity index (χ1) is 34.7. The third-order valence-corrected chi connectivity index (χ3v) is 14.6. The minimum absolute atomic E-state index is 0.453. The molecule has 0 bridgehead atoms. The van der Waals surface area contributed by atoms with Crippen molar-refractivity contribution < 1.29 is 0 Å². The molecule has 0 amide bonds. The molecule has 13 rings (SSSR count). The highest BCUT2D eigenvalue weighted by atomic mass is 15.1. The van der Waals surface area contributed by atoms with Crippen molar-refractivity contribution in [3.05, 3.63) is 307 Å². The highest BCUT2D eigenvalue weighted by Gasteiger charge is 2.46. The quantitative estimate of drug-likeness (QED) is 0.140. The van der Waals surface area contributed by atoms with Gasteiger partial charge in [0, 0.05) is 17.1 Å². The third kappa shape index (κ3) is 7.02. The molecule has 0 radical (unpaired) electrons. The van der Waals surface area contributed by atoms with Crippen molar-refractivity contribution >= 4 is 38.6 Å². The molecule has 0 N–H and O–H groups in total. The zero-order valence-corrected chi connectivity index (χ0v) is 38.6. The Bertz CT molecular complexity index is 3800. The molecule has 328 valence electrons. The van der Waals surface area contributed by atoms with E-state index in [0.717, 1.165) is 17.1 Å². The van der Waals surface area contributed by atoms with Gasteiger partial charge in [0.1, 0.15) is 0 Å². The van der Waals surface area contributed by atoms with E-state index in [1.165, 1.54) is 99.4 Å². The Balaban J connectivity index is 0.882. The van der Waals surface area contributed by atoms with E-state index in [9.17, 15) is 0 Å². The average molecular weight is 890 g/mol. The van der Waals surface area contributed by atoms with Gasteiger partial charge in [0.2, 0.25) is 0 Å². The fraction of sp³-hybridized carbons (Fsp3) is 0.0145. The van der Waals surface area contributed by atoms with Gasteiger partial charge in [0.25, 0.3) is 0 Å². The number of rotatable bonds is 9. The Morgan fingerprint density at radius 1 is 0.229 bits per heavy atom. The molecular weight excluding hydrogens is 843 g/mol. The predicted molar refractivity (Wildman–Crippen MR) is 295 cm³/mol. The SMILES string of the molecule is c1ccc(C2(c3ccccc3)c3ccccc3-c3c(-c4ccc(N(c5ccc(-c6ccc(-c7ccc8ccccc8c7)cc6)cc5)c5ccc(-c6ccc7ccccc7c6)cc5)cc4)cccc32)cc1. The van der Waals surface area contributed by atoms with Gasteiger partial charge in [-0.2, -0.15) is 0 Å². The molecule has 0 unspecified atom stereocenters. The number of hydrogen-bond donors (Lipinski definition) is 0. The second kappa shape index (κ2) is 17.2. The van der Waals surface area contributed by atoms with Crippen LogP contribution in [-0.4, -0.2) is 0 Å². The van der Waals surface area contributed by atoms with E-state index >= 15 is 0 Å². The fourth-order valence-corrected chi connectivity index (χ4v) is 11.2. The van der Waals surface area contributed by atoms with Crippen LogP contribution >= 0.6 is 0 Å². The molecule has 0 atom stereocenters. The third-order valence-electron chi connectivity index (χ3n) is 14.6. The Morgan fingerprint density at radius 3 is 1.09 bits per heavy atom. The predicted octanol–water partition coefficient (Wildman–Crippen LogP) is 18.5. The van der Waals surface area contributed by atoms with E-state index in [0.29, 0.717) is 0 Å². The Hall–Kier alpha value is -9.04. The topological polar surface area (TPSA) is 3.24 Å². The van der Waals surface area contributed by atoms with Crippen molar-refractivity contribution in [3.63, 3.8) is 0 Å². The molecule has 1 nitrogen and oxygen atoms in total. The number of anilines is 3. The van der Waals surface area contributed by atoms with E-state index < -0.39 is 5.41 Å². The van der Waals surface area contributed by atoms with Crippen LogP contribution in [0, 0.1) is 0 Å². The Kier molecular flexibility index (Phi) is 10.1. The molecule has 0 saturated carbocycles. The molecule has 12 aromatic carbocycles. The second-order valence-electron chi connectivity index (χ2n) is 18.4. The van der Waals surface area contributed by atoms with E-state index in [2.05, 4.69) is 290 Å². The van der Waals surface area contributed by atoms with Crippen molar-refractivity contribution in [2.24, 2.45) is 0 Å². The molecular formula is C69H47N. The molecule has 1 aliphatic rings. The summed E-state index contributed by atoms with van der Waals surface area (Å²) in [5.41, 5.74) is 20.2. The monoisotopic (exact) mass is 889 g/mol. The summed E-state index contributed by atoms with van der Waals surface area (Å²) in [7, 11) is 0. The maximum atomic E-state index is 2.38. The van der Waals surface area contributed by atoms with Crippen LogP contribution in [0.3, 0.4) is 0 Å². The van der Waals surface area contributed by atoms with Gasteiger partial charge in [-0.05, 0) is 148 Å². The first-order valence-electron chi connectivity index (χ1n) is 24.2. The zero-order valence-electron chi connectivity index (χ0n) is 38.6. The molecule has 0 saturated heterocycles. The lowest BCUT2D eigenvalue weighted by Gasteiger charge is -2.34. The lowest BCUT2D eigenvalue weighted by Crippen LogP contribution is -2.28. The van der Waals surface area contributed by atoms with Gasteiger partial charge in [-0.1, -0.05) is 237 Å². The smallest absolute Gasteiger partial charge is 0.0713 e. The highest BCUT2D eigenvalue weighted by molar-refractivity contribution is 5.96. The molecule has 70 heavy (non-hydrogen) atoms. The summed E-state index contributed by atoms with van der Waals surface area (Å²) in [5.74, 6) is 0. The maximum absolute atomic E-state index is 2.38. The standard InChI is InChI=1S/C69H47N/c1-3-18-59(19-4-1)69(60-20-5-2-6-21-60)66-24-12-11-22-65(66)68-64(23-13-25-67(68)69)54-38-44-63(45-39-54)70(62-42-36-53(37-43-62)58-33-31-49-15-8-10-17-56(49)47-58)61-40-34-51(35-41-61)50-26-28-52(29-27-50)57-32-30-48-14-7-9-16-55(48)46-57/h1-47H. The summed E-state index contributed by atoms with van der Waals surface area (Å²) in [6.45, 7) is 0. The van der Waals surface area contributed by atoms with Crippen LogP contribution in [-0.2, 0) is 5.41 Å². The maximum Gasteiger partial charge on any atom is 0.0713 e. The summed E-state index contributed by atoms with van der Waals surface area (Å²) in [5, 5.41) is 5.00. The summed E-state index contributed by atoms with van der Waals surface area (Å²) >= 11 is 0. The van der Waals surface area contributed by atoms with E-state index in [-0.39, 0.29) is 0 Å². The second-order valence-corrected chi connectivity index (χ2v) is 18.4. The summed E-state index contributed by atoms with van der Waals surface area (Å²) in [4.78, 5) is 2.38. The van der Waals surface area contributed by atoms with Crippen LogP contribution < -0.4 is 4.90 Å². The molecule has 0 spiro atoms. The zero-order chi connectivity index (χ0) is 46.4. The molecule has 0 fully saturated rings. The van der Waals surface area contributed by atoms with Gasteiger partial charge in [-0.25, -0.2) is 0 Å². The van der Waals surface area contributed by atoms with Gasteiger partial charge in [0.15, 0.2) is 0 Å². The fourth-order valence-electron chi connectivity index (χ4n) is 11.2. The van der Waals surface area contributed by atoms with Crippen LogP contribution in [0.25, 0.3) is 77.2 Å². The molecule has 0 heterocycles. The van der Waals surface area contributed by atoms with Crippen molar-refractivity contribution in [1.82, 2.24) is 0 Å². The largest absolute Gasteiger partial charge is 0.311 e. The van der Waals surface area contributed by atoms with Gasteiger partial charge in [0.05, 0.1) is 5.41 Å². The van der Waals surface area contributed by atoms with E-state index in [4.69, 9.17) is 0 Å². The van der Waals surface area contributed by atoms with E-state index in [1.54, 1.807) is 0 Å². The van der Waals surface area contributed by atoms with Crippen LogP contribution in [0.1, 0.15) is 22.3 Å². The summed E-state index contributed by atoms with van der Waals surface area (Å²) in [6.07, 6.45) is 0. The average Bonchev–Trinajstić information content (AvgIpc) is 3.75. The number of hydrogen-bond acceptors (Lipinski definition) is 1. The van der Waals surface area contributed by atoms with Gasteiger partial charge < -0.3 is 4.90 Å².